The van der Waals surface area contributed by atoms with Gasteiger partial charge in [0.25, 0.3) is 0 Å². The Labute approximate surface area is 224 Å². The quantitative estimate of drug-likeness (QED) is 0.304. The first-order chi connectivity index (χ1) is 18.2. The monoisotopic (exact) mass is 570 g/mol. The lowest BCUT2D eigenvalue weighted by Crippen LogP contribution is -2.37. The molecule has 0 amide bonds. The molecule has 0 aliphatic rings. The van der Waals surface area contributed by atoms with E-state index in [1.165, 1.54) is 24.3 Å². The summed E-state index contributed by atoms with van der Waals surface area (Å²) in [5.41, 5.74) is 1.06. The van der Waals surface area contributed by atoms with Gasteiger partial charge >= 0.3 is 17.8 Å². The van der Waals surface area contributed by atoms with Gasteiger partial charge in [0.2, 0.25) is 5.82 Å². The van der Waals surface area contributed by atoms with E-state index in [0.717, 1.165) is 14.9 Å². The van der Waals surface area contributed by atoms with Gasteiger partial charge in [-0.1, -0.05) is 36.7 Å². The first-order valence-corrected chi connectivity index (χ1v) is 12.2. The Kier molecular flexibility index (Phi) is 7.68. The lowest BCUT2D eigenvalue weighted by Gasteiger charge is -2.16. The van der Waals surface area contributed by atoms with Crippen molar-refractivity contribution in [1.82, 2.24) is 29.1 Å². The van der Waals surface area contributed by atoms with E-state index in [1.54, 1.807) is 25.1 Å². The Balaban J connectivity index is 1.83. The van der Waals surface area contributed by atoms with Crippen LogP contribution < -0.4 is 5.69 Å². The lowest BCUT2D eigenvalue weighted by atomic mass is 10.1. The van der Waals surface area contributed by atoms with Gasteiger partial charge in [-0.15, -0.1) is 10.2 Å². The molecule has 0 spiro atoms. The molecule has 208 valence electrons. The number of para-hydroxylation sites is 1. The highest BCUT2D eigenvalue weighted by Gasteiger charge is 2.39. The Morgan fingerprint density at radius 3 is 2.31 bits per heavy atom. The smallest absolute Gasteiger partial charge is 0.382 e. The number of benzene rings is 2. The van der Waals surface area contributed by atoms with Crippen LogP contribution in [0.5, 0.6) is 0 Å². The Morgan fingerprint density at radius 1 is 1.05 bits per heavy atom. The molecule has 0 aliphatic carbocycles. The predicted molar refractivity (Wildman–Crippen MR) is 133 cm³/mol. The minimum Gasteiger partial charge on any atom is -0.382 e. The molecule has 2 aromatic heterocycles. The second-order valence-corrected chi connectivity index (χ2v) is 9.46. The summed E-state index contributed by atoms with van der Waals surface area (Å²) < 4.78 is 71.0. The number of hydrogen-bond acceptors (Lipinski definition) is 5. The van der Waals surface area contributed by atoms with Crippen molar-refractivity contribution in [2.24, 2.45) is 0 Å². The summed E-state index contributed by atoms with van der Waals surface area (Å²) in [5.74, 6) is -4.47. The maximum absolute atomic E-state index is 14.6. The van der Waals surface area contributed by atoms with Crippen molar-refractivity contribution in [2.45, 2.75) is 58.5 Å². The number of aliphatic hydroxyl groups excluding tert-OH is 1. The van der Waals surface area contributed by atoms with Crippen LogP contribution in [-0.4, -0.2) is 46.5 Å². The lowest BCUT2D eigenvalue weighted by molar-refractivity contribution is -0.207. The molecule has 0 radical (unpaired) electrons. The first kappa shape index (κ1) is 28.4. The molecule has 39 heavy (non-hydrogen) atoms. The molecule has 2 aromatic carbocycles. The van der Waals surface area contributed by atoms with Crippen molar-refractivity contribution in [2.75, 3.05) is 0 Å². The van der Waals surface area contributed by atoms with Crippen molar-refractivity contribution >= 4 is 11.6 Å². The van der Waals surface area contributed by atoms with Crippen LogP contribution in [0, 0.1) is 6.92 Å². The highest BCUT2D eigenvalue weighted by atomic mass is 35.5. The summed E-state index contributed by atoms with van der Waals surface area (Å²) >= 11 is 5.90. The van der Waals surface area contributed by atoms with E-state index in [-0.39, 0.29) is 17.2 Å². The molecule has 4 aromatic rings. The van der Waals surface area contributed by atoms with Crippen molar-refractivity contribution in [3.8, 4) is 17.1 Å². The summed E-state index contributed by atoms with van der Waals surface area (Å²) in [6, 6.07) is 11.1. The van der Waals surface area contributed by atoms with Gasteiger partial charge < -0.3 is 5.11 Å². The Bertz CT molecular complexity index is 1540. The van der Waals surface area contributed by atoms with Gasteiger partial charge in [-0.3, -0.25) is 4.57 Å². The normalized spacial score (nSPS) is 13.2. The molecule has 0 aliphatic heterocycles. The van der Waals surface area contributed by atoms with E-state index in [4.69, 9.17) is 11.6 Å². The van der Waals surface area contributed by atoms with Crippen LogP contribution in [0.3, 0.4) is 0 Å². The van der Waals surface area contributed by atoms with Crippen LogP contribution in [0.2, 0.25) is 5.02 Å². The molecule has 0 saturated carbocycles. The molecule has 0 saturated heterocycles. The topological polar surface area (TPSA) is 90.8 Å². The van der Waals surface area contributed by atoms with Gasteiger partial charge in [-0.2, -0.15) is 22.0 Å². The van der Waals surface area contributed by atoms with Crippen molar-refractivity contribution in [3.05, 3.63) is 80.7 Å². The third kappa shape index (κ3) is 5.88. The number of alkyl halides is 5. The van der Waals surface area contributed by atoms with Crippen LogP contribution >= 0.6 is 11.6 Å². The molecule has 14 heteroatoms. The van der Waals surface area contributed by atoms with Crippen LogP contribution in [0.1, 0.15) is 36.6 Å². The van der Waals surface area contributed by atoms with Crippen molar-refractivity contribution < 1.29 is 27.1 Å². The molecular weight excluding hydrogens is 547 g/mol. The van der Waals surface area contributed by atoms with Gasteiger partial charge in [0.1, 0.15) is 6.54 Å². The molecule has 2 heterocycles. The minimum atomic E-state index is -4.99. The van der Waals surface area contributed by atoms with Crippen molar-refractivity contribution in [3.63, 3.8) is 0 Å². The number of nitrogens with zero attached hydrogens (tertiary/aromatic N) is 6. The fraction of sp³-hybridized carbons (Fsp3) is 0.360. The maximum Gasteiger partial charge on any atom is 0.416 e. The standard InChI is InChI=1S/C25H24ClF5N6O2/c1-4-15-7-5-6-14(2)20(15)37-22(24(3,27)28)32-19(33-37)13-36-23(39)35(12-18(38)25(29,30)31)21(34-36)16-8-10-17(26)11-9-16/h5-11,18,38H,4,12-13H2,1-3H3/t18-/m0/s1. The second kappa shape index (κ2) is 10.5. The summed E-state index contributed by atoms with van der Waals surface area (Å²) in [6.07, 6.45) is -7.32. The fourth-order valence-corrected chi connectivity index (χ4v) is 4.23. The largest absolute Gasteiger partial charge is 0.416 e. The van der Waals surface area contributed by atoms with Crippen LogP contribution in [0.15, 0.2) is 47.3 Å². The van der Waals surface area contributed by atoms with Gasteiger partial charge in [0, 0.05) is 17.5 Å². The summed E-state index contributed by atoms with van der Waals surface area (Å²) in [4.78, 5) is 17.1. The third-order valence-electron chi connectivity index (χ3n) is 6.01. The maximum atomic E-state index is 14.6. The van der Waals surface area contributed by atoms with Crippen LogP contribution in [0.25, 0.3) is 17.1 Å². The Morgan fingerprint density at radius 2 is 1.72 bits per heavy atom. The number of aromatic nitrogens is 6. The number of hydrogen-bond donors (Lipinski definition) is 1. The van der Waals surface area contributed by atoms with E-state index in [9.17, 15) is 31.9 Å². The van der Waals surface area contributed by atoms with Crippen molar-refractivity contribution in [1.29, 1.82) is 0 Å². The zero-order chi connectivity index (χ0) is 28.7. The first-order valence-electron chi connectivity index (χ1n) is 11.8. The van der Waals surface area contributed by atoms with E-state index >= 15 is 0 Å². The molecule has 1 N–H and O–H groups in total. The minimum absolute atomic E-state index is 0.187. The number of rotatable bonds is 8. The molecule has 1 atom stereocenters. The predicted octanol–water partition coefficient (Wildman–Crippen LogP) is 4.90. The second-order valence-electron chi connectivity index (χ2n) is 9.03. The highest BCUT2D eigenvalue weighted by molar-refractivity contribution is 6.30. The average Bonchev–Trinajstić information content (AvgIpc) is 3.41. The molecular formula is C25H24ClF5N6O2. The molecule has 8 nitrogen and oxygen atoms in total. The average molecular weight is 571 g/mol. The van der Waals surface area contributed by atoms with Gasteiger partial charge in [-0.25, -0.2) is 19.1 Å². The highest BCUT2D eigenvalue weighted by Crippen LogP contribution is 2.30. The molecule has 0 fully saturated rings. The summed E-state index contributed by atoms with van der Waals surface area (Å²) in [7, 11) is 0. The van der Waals surface area contributed by atoms with E-state index in [2.05, 4.69) is 15.2 Å². The number of aryl methyl sites for hydroxylation is 2. The number of halogens is 6. The van der Waals surface area contributed by atoms with Gasteiger partial charge in [-0.05, 0) is 48.7 Å². The van der Waals surface area contributed by atoms with E-state index in [1.807, 2.05) is 6.92 Å². The zero-order valence-corrected chi connectivity index (χ0v) is 21.8. The zero-order valence-electron chi connectivity index (χ0n) is 21.0. The van der Waals surface area contributed by atoms with Crippen LogP contribution in [-0.2, 0) is 25.4 Å². The summed E-state index contributed by atoms with van der Waals surface area (Å²) in [5, 5.41) is 18.4. The molecule has 4 rings (SSSR count). The Hall–Kier alpha value is -3.58. The van der Waals surface area contributed by atoms with E-state index < -0.39 is 42.8 Å². The van der Waals surface area contributed by atoms with E-state index in [0.29, 0.717) is 34.2 Å². The number of aliphatic hydroxyl groups is 1. The van der Waals surface area contributed by atoms with Gasteiger partial charge in [0.15, 0.2) is 17.8 Å². The molecule has 0 bridgehead atoms. The molecule has 0 unspecified atom stereocenters. The van der Waals surface area contributed by atoms with Crippen LogP contribution in [0.4, 0.5) is 22.0 Å². The third-order valence-corrected chi connectivity index (χ3v) is 6.26. The SMILES string of the molecule is CCc1cccc(C)c1-n1nc(Cn2nc(-c3ccc(Cl)cc3)n(C[C@H](O)C(F)(F)F)c2=O)nc1C(C)(F)F. The fourth-order valence-electron chi connectivity index (χ4n) is 4.10. The van der Waals surface area contributed by atoms with Gasteiger partial charge in [0.05, 0.1) is 12.2 Å². The summed E-state index contributed by atoms with van der Waals surface area (Å²) in [6.45, 7) is 2.62.